The van der Waals surface area contributed by atoms with Crippen molar-refractivity contribution in [3.05, 3.63) is 70.7 Å². The van der Waals surface area contributed by atoms with Gasteiger partial charge in [-0.1, -0.05) is 48.0 Å². The maximum absolute atomic E-state index is 6.08. The van der Waals surface area contributed by atoms with Gasteiger partial charge in [-0.05, 0) is 30.2 Å². The Hall–Kier alpha value is -2.26. The Bertz CT molecular complexity index is 777. The molecule has 4 heteroatoms. The van der Waals surface area contributed by atoms with Gasteiger partial charge in [0, 0.05) is 16.7 Å². The quantitative estimate of drug-likeness (QED) is 0.789. The predicted octanol–water partition coefficient (Wildman–Crippen LogP) is 4.14. The average molecular weight is 298 g/mol. The van der Waals surface area contributed by atoms with E-state index in [0.717, 1.165) is 11.3 Å². The minimum absolute atomic E-state index is 0.647. The van der Waals surface area contributed by atoms with Crippen molar-refractivity contribution in [3.63, 3.8) is 0 Å². The third kappa shape index (κ3) is 2.93. The number of nitrogen functional groups attached to an aromatic ring is 1. The first-order valence-electron chi connectivity index (χ1n) is 6.77. The SMILES string of the molecule is Cc1ccccc1Cn1nc(-c2cccc(Cl)c2)cc1N. The van der Waals surface area contributed by atoms with Crippen molar-refractivity contribution in [1.29, 1.82) is 0 Å². The number of nitrogens with two attached hydrogens (primary N) is 1. The van der Waals surface area contributed by atoms with E-state index in [9.17, 15) is 0 Å². The molecule has 3 nitrogen and oxygen atoms in total. The summed E-state index contributed by atoms with van der Waals surface area (Å²) in [4.78, 5) is 0. The second-order valence-electron chi connectivity index (χ2n) is 5.05. The monoisotopic (exact) mass is 297 g/mol. The molecule has 0 radical (unpaired) electrons. The van der Waals surface area contributed by atoms with E-state index >= 15 is 0 Å². The lowest BCUT2D eigenvalue weighted by molar-refractivity contribution is 0.697. The van der Waals surface area contributed by atoms with Gasteiger partial charge in [-0.3, -0.25) is 0 Å². The van der Waals surface area contributed by atoms with Crippen LogP contribution in [0, 0.1) is 6.92 Å². The van der Waals surface area contributed by atoms with E-state index in [-0.39, 0.29) is 0 Å². The van der Waals surface area contributed by atoms with Crippen molar-refractivity contribution >= 4 is 17.4 Å². The number of hydrogen-bond donors (Lipinski definition) is 1. The molecule has 0 amide bonds. The van der Waals surface area contributed by atoms with Gasteiger partial charge in [0.15, 0.2) is 0 Å². The fourth-order valence-corrected chi connectivity index (χ4v) is 2.49. The summed E-state index contributed by atoms with van der Waals surface area (Å²) in [7, 11) is 0. The van der Waals surface area contributed by atoms with Crippen LogP contribution >= 0.6 is 11.6 Å². The van der Waals surface area contributed by atoms with Gasteiger partial charge >= 0.3 is 0 Å². The lowest BCUT2D eigenvalue weighted by atomic mass is 10.1. The summed E-state index contributed by atoms with van der Waals surface area (Å²) in [6.07, 6.45) is 0. The van der Waals surface area contributed by atoms with Gasteiger partial charge in [-0.2, -0.15) is 5.10 Å². The molecule has 21 heavy (non-hydrogen) atoms. The largest absolute Gasteiger partial charge is 0.384 e. The Labute approximate surface area is 129 Å². The first kappa shape index (κ1) is 13.7. The molecule has 3 rings (SSSR count). The summed E-state index contributed by atoms with van der Waals surface area (Å²) >= 11 is 6.03. The molecule has 0 saturated carbocycles. The van der Waals surface area contributed by atoms with E-state index < -0.39 is 0 Å². The van der Waals surface area contributed by atoms with E-state index in [1.165, 1.54) is 11.1 Å². The molecule has 0 bridgehead atoms. The number of hydrogen-bond acceptors (Lipinski definition) is 2. The third-order valence-corrected chi connectivity index (χ3v) is 3.75. The number of anilines is 1. The maximum Gasteiger partial charge on any atom is 0.122 e. The molecule has 3 aromatic rings. The van der Waals surface area contributed by atoms with Crippen LogP contribution in [0.25, 0.3) is 11.3 Å². The molecule has 0 aliphatic heterocycles. The number of nitrogens with zero attached hydrogens (tertiary/aromatic N) is 2. The minimum atomic E-state index is 0.647. The average Bonchev–Trinajstić information content (AvgIpc) is 2.83. The van der Waals surface area contributed by atoms with Crippen molar-refractivity contribution in [3.8, 4) is 11.3 Å². The smallest absolute Gasteiger partial charge is 0.122 e. The number of aromatic nitrogens is 2. The first-order chi connectivity index (χ1) is 10.1. The topological polar surface area (TPSA) is 43.8 Å². The highest BCUT2D eigenvalue weighted by Crippen LogP contribution is 2.24. The highest BCUT2D eigenvalue weighted by atomic mass is 35.5. The van der Waals surface area contributed by atoms with Gasteiger partial charge in [-0.15, -0.1) is 0 Å². The third-order valence-electron chi connectivity index (χ3n) is 3.51. The lowest BCUT2D eigenvalue weighted by Crippen LogP contribution is -2.06. The summed E-state index contributed by atoms with van der Waals surface area (Å²) in [5.41, 5.74) is 10.3. The Morgan fingerprint density at radius 2 is 1.90 bits per heavy atom. The summed E-state index contributed by atoms with van der Waals surface area (Å²) < 4.78 is 1.82. The van der Waals surface area contributed by atoms with Crippen LogP contribution in [0.4, 0.5) is 5.82 Å². The molecule has 0 fully saturated rings. The Morgan fingerprint density at radius 1 is 1.10 bits per heavy atom. The number of rotatable bonds is 3. The number of benzene rings is 2. The molecule has 0 atom stereocenters. The molecule has 0 aliphatic rings. The standard InChI is InChI=1S/C17H16ClN3/c1-12-5-2-3-6-14(12)11-21-17(19)10-16(20-21)13-7-4-8-15(18)9-13/h2-10H,11,19H2,1H3. The van der Waals surface area contributed by atoms with Crippen LogP contribution in [0.2, 0.25) is 5.02 Å². The molecule has 2 aromatic carbocycles. The van der Waals surface area contributed by atoms with Crippen LogP contribution in [-0.4, -0.2) is 9.78 Å². The van der Waals surface area contributed by atoms with Gasteiger partial charge in [0.25, 0.3) is 0 Å². The first-order valence-corrected chi connectivity index (χ1v) is 7.15. The molecule has 0 unspecified atom stereocenters. The minimum Gasteiger partial charge on any atom is -0.384 e. The van der Waals surface area contributed by atoms with Crippen LogP contribution in [0.3, 0.4) is 0 Å². The molecule has 0 spiro atoms. The van der Waals surface area contributed by atoms with E-state index in [0.29, 0.717) is 17.4 Å². The van der Waals surface area contributed by atoms with Crippen molar-refractivity contribution in [2.45, 2.75) is 13.5 Å². The highest BCUT2D eigenvalue weighted by molar-refractivity contribution is 6.30. The van der Waals surface area contributed by atoms with E-state index in [2.05, 4.69) is 24.2 Å². The van der Waals surface area contributed by atoms with Gasteiger partial charge in [0.05, 0.1) is 12.2 Å². The van der Waals surface area contributed by atoms with E-state index in [1.807, 2.05) is 47.1 Å². The second kappa shape index (κ2) is 5.62. The number of aryl methyl sites for hydroxylation is 1. The molecule has 1 aromatic heterocycles. The molecule has 1 heterocycles. The van der Waals surface area contributed by atoms with Crippen LogP contribution in [0.1, 0.15) is 11.1 Å². The Kier molecular flexibility index (Phi) is 3.67. The van der Waals surface area contributed by atoms with Crippen molar-refractivity contribution in [2.75, 3.05) is 5.73 Å². The Balaban J connectivity index is 1.93. The molecule has 0 saturated heterocycles. The van der Waals surface area contributed by atoms with E-state index in [1.54, 1.807) is 0 Å². The zero-order chi connectivity index (χ0) is 14.8. The molecule has 2 N–H and O–H groups in total. The number of halogens is 1. The summed E-state index contributed by atoms with van der Waals surface area (Å²) in [5.74, 6) is 0.647. The molecule has 106 valence electrons. The normalized spacial score (nSPS) is 10.8. The van der Waals surface area contributed by atoms with Crippen molar-refractivity contribution in [2.24, 2.45) is 0 Å². The van der Waals surface area contributed by atoms with Crippen LogP contribution in [0.15, 0.2) is 54.6 Å². The fraction of sp³-hybridized carbons (Fsp3) is 0.118. The van der Waals surface area contributed by atoms with Crippen molar-refractivity contribution < 1.29 is 0 Å². The van der Waals surface area contributed by atoms with Gasteiger partial charge in [0.1, 0.15) is 5.82 Å². The van der Waals surface area contributed by atoms with Gasteiger partial charge in [-0.25, -0.2) is 4.68 Å². The summed E-state index contributed by atoms with van der Waals surface area (Å²) in [6.45, 7) is 2.76. The van der Waals surface area contributed by atoms with Crippen LogP contribution in [0.5, 0.6) is 0 Å². The zero-order valence-corrected chi connectivity index (χ0v) is 12.5. The summed E-state index contributed by atoms with van der Waals surface area (Å²) in [5, 5.41) is 5.28. The van der Waals surface area contributed by atoms with Gasteiger partial charge in [0.2, 0.25) is 0 Å². The molecular weight excluding hydrogens is 282 g/mol. The van der Waals surface area contributed by atoms with Crippen LogP contribution < -0.4 is 5.73 Å². The molecule has 0 aliphatic carbocycles. The zero-order valence-electron chi connectivity index (χ0n) is 11.8. The maximum atomic E-state index is 6.08. The van der Waals surface area contributed by atoms with Crippen LogP contribution in [-0.2, 0) is 6.54 Å². The predicted molar refractivity (Wildman–Crippen MR) is 87.4 cm³/mol. The highest BCUT2D eigenvalue weighted by Gasteiger charge is 2.09. The molecular formula is C17H16ClN3. The van der Waals surface area contributed by atoms with Crippen molar-refractivity contribution in [1.82, 2.24) is 9.78 Å². The van der Waals surface area contributed by atoms with E-state index in [4.69, 9.17) is 17.3 Å². The second-order valence-corrected chi connectivity index (χ2v) is 5.49. The lowest BCUT2D eigenvalue weighted by Gasteiger charge is -2.07. The Morgan fingerprint density at radius 3 is 2.67 bits per heavy atom. The summed E-state index contributed by atoms with van der Waals surface area (Å²) in [6, 6.07) is 17.7. The fourth-order valence-electron chi connectivity index (χ4n) is 2.30. The van der Waals surface area contributed by atoms with Gasteiger partial charge < -0.3 is 5.73 Å².